The van der Waals surface area contributed by atoms with Crippen LogP contribution in [0.2, 0.25) is 0 Å². The molecule has 0 saturated carbocycles. The van der Waals surface area contributed by atoms with Crippen molar-refractivity contribution in [2.45, 2.75) is 31.9 Å². The normalized spacial score (nSPS) is 15.4. The van der Waals surface area contributed by atoms with E-state index in [0.717, 1.165) is 16.0 Å². The van der Waals surface area contributed by atoms with Crippen LogP contribution in [0.1, 0.15) is 28.2 Å². The molecule has 1 aliphatic rings. The first kappa shape index (κ1) is 20.6. The number of pyridine rings is 1. The lowest BCUT2D eigenvalue weighted by atomic mass is 9.95. The molecule has 0 aliphatic heterocycles. The Morgan fingerprint density at radius 2 is 2.26 bits per heavy atom. The zero-order valence-corrected chi connectivity index (χ0v) is 17.4. The summed E-state index contributed by atoms with van der Waals surface area (Å²) in [6.45, 7) is 0.214. The van der Waals surface area contributed by atoms with Gasteiger partial charge in [-0.15, -0.1) is 11.3 Å². The molecule has 4 N–H and O–H groups in total. The third kappa shape index (κ3) is 5.28. The Morgan fingerprint density at radius 1 is 1.35 bits per heavy atom. The molecular weight excluding hydrogens is 418 g/mol. The number of aromatic nitrogens is 2. The lowest BCUT2D eigenvalue weighted by molar-refractivity contribution is -0.111. The second-order valence-corrected chi connectivity index (χ2v) is 8.06. The number of nitrogens with two attached hydrogens (primary N) is 1. The molecule has 0 saturated heterocycles. The van der Waals surface area contributed by atoms with E-state index in [0.29, 0.717) is 35.7 Å². The Kier molecular flexibility index (Phi) is 6.27. The molecule has 0 aromatic carbocycles. The number of carbonyl (C=O) groups excluding carboxylic acids is 2. The van der Waals surface area contributed by atoms with Gasteiger partial charge in [0.05, 0.1) is 18.4 Å². The van der Waals surface area contributed by atoms with Crippen molar-refractivity contribution in [1.82, 2.24) is 15.5 Å². The highest BCUT2D eigenvalue weighted by Gasteiger charge is 2.27. The maximum absolute atomic E-state index is 12.3. The standard InChI is InChI=1S/C21H21N5O4S/c22-19-16-5-4-14(29-21(28)24-12-15-7-9-25-30-15)10-17(16)31-20(19)26-18(27)6-3-13-2-1-8-23-11-13/h1-3,6-9,11,14H,4-5,10,12,22H2,(H,24,28)(H,26,27)/b6-3+. The fourth-order valence-corrected chi connectivity index (χ4v) is 4.49. The largest absolute Gasteiger partial charge is 0.446 e. The highest BCUT2D eigenvalue weighted by molar-refractivity contribution is 7.17. The van der Waals surface area contributed by atoms with Crippen LogP contribution in [0.4, 0.5) is 15.5 Å². The smallest absolute Gasteiger partial charge is 0.407 e. The highest BCUT2D eigenvalue weighted by Crippen LogP contribution is 2.40. The maximum Gasteiger partial charge on any atom is 0.407 e. The summed E-state index contributed by atoms with van der Waals surface area (Å²) < 4.78 is 10.4. The number of hydrogen-bond acceptors (Lipinski definition) is 8. The molecule has 1 atom stereocenters. The van der Waals surface area contributed by atoms with Gasteiger partial charge in [0, 0.05) is 35.8 Å². The minimum atomic E-state index is -0.511. The van der Waals surface area contributed by atoms with Crippen molar-refractivity contribution in [1.29, 1.82) is 0 Å². The number of nitrogens with zero attached hydrogens (tertiary/aromatic N) is 2. The van der Waals surface area contributed by atoms with Gasteiger partial charge in [0.1, 0.15) is 11.1 Å². The lowest BCUT2D eigenvalue weighted by Crippen LogP contribution is -2.31. The van der Waals surface area contributed by atoms with Crippen LogP contribution in [0.3, 0.4) is 0 Å². The lowest BCUT2D eigenvalue weighted by Gasteiger charge is -2.22. The van der Waals surface area contributed by atoms with Crippen LogP contribution in [0.5, 0.6) is 0 Å². The highest BCUT2D eigenvalue weighted by atomic mass is 32.1. The SMILES string of the molecule is Nc1c(NC(=O)/C=C/c2cccnc2)sc2c1CCC(OC(=O)NCc1ccno1)C2. The van der Waals surface area contributed by atoms with Crippen molar-refractivity contribution in [3.05, 3.63) is 64.6 Å². The van der Waals surface area contributed by atoms with E-state index in [-0.39, 0.29) is 18.6 Å². The summed E-state index contributed by atoms with van der Waals surface area (Å²) in [4.78, 5) is 29.3. The average molecular weight is 439 g/mol. The molecule has 31 heavy (non-hydrogen) atoms. The van der Waals surface area contributed by atoms with E-state index in [4.69, 9.17) is 15.0 Å². The van der Waals surface area contributed by atoms with Crippen LogP contribution in [0.25, 0.3) is 6.08 Å². The summed E-state index contributed by atoms with van der Waals surface area (Å²) in [6.07, 6.45) is 9.12. The summed E-state index contributed by atoms with van der Waals surface area (Å²) in [5.41, 5.74) is 8.68. The molecule has 0 bridgehead atoms. The molecule has 1 unspecified atom stereocenters. The summed E-state index contributed by atoms with van der Waals surface area (Å²) in [5, 5.41) is 9.68. The third-order valence-corrected chi connectivity index (χ3v) is 5.97. The zero-order valence-electron chi connectivity index (χ0n) is 16.5. The number of carbonyl (C=O) groups is 2. The quantitative estimate of drug-likeness (QED) is 0.503. The van der Waals surface area contributed by atoms with Gasteiger partial charge in [0.15, 0.2) is 5.76 Å². The van der Waals surface area contributed by atoms with E-state index in [9.17, 15) is 9.59 Å². The number of amides is 2. The van der Waals surface area contributed by atoms with Gasteiger partial charge in [-0.2, -0.15) is 0 Å². The van der Waals surface area contributed by atoms with Gasteiger partial charge in [0.2, 0.25) is 5.91 Å². The second kappa shape index (κ2) is 9.43. The number of nitrogen functional groups attached to an aromatic ring is 1. The number of anilines is 2. The first-order chi connectivity index (χ1) is 15.1. The van der Waals surface area contributed by atoms with Crippen molar-refractivity contribution in [2.24, 2.45) is 0 Å². The zero-order chi connectivity index (χ0) is 21.6. The van der Waals surface area contributed by atoms with Crippen molar-refractivity contribution in [3.8, 4) is 0 Å². The van der Waals surface area contributed by atoms with Crippen LogP contribution in [-0.2, 0) is 28.9 Å². The molecule has 3 aromatic rings. The molecule has 0 radical (unpaired) electrons. The Balaban J connectivity index is 1.32. The molecule has 9 nitrogen and oxygen atoms in total. The number of fused-ring (bicyclic) bond motifs is 1. The van der Waals surface area contributed by atoms with Crippen LogP contribution in [-0.4, -0.2) is 28.2 Å². The maximum atomic E-state index is 12.3. The number of alkyl carbamates (subject to hydrolysis) is 1. The monoisotopic (exact) mass is 439 g/mol. The van der Waals surface area contributed by atoms with Crippen molar-refractivity contribution < 1.29 is 18.8 Å². The number of rotatable bonds is 6. The van der Waals surface area contributed by atoms with E-state index >= 15 is 0 Å². The average Bonchev–Trinajstić information content (AvgIpc) is 3.40. The molecule has 160 valence electrons. The van der Waals surface area contributed by atoms with Crippen molar-refractivity contribution >= 4 is 40.1 Å². The molecule has 0 spiro atoms. The Labute approximate surface area is 182 Å². The van der Waals surface area contributed by atoms with Gasteiger partial charge in [-0.05, 0) is 36.1 Å². The summed E-state index contributed by atoms with van der Waals surface area (Å²) in [5.74, 6) is 0.278. The predicted octanol–water partition coefficient (Wildman–Crippen LogP) is 3.15. The van der Waals surface area contributed by atoms with Gasteiger partial charge in [-0.3, -0.25) is 9.78 Å². The summed E-state index contributed by atoms with van der Waals surface area (Å²) in [7, 11) is 0. The predicted molar refractivity (Wildman–Crippen MR) is 116 cm³/mol. The van der Waals surface area contributed by atoms with Crippen LogP contribution in [0.15, 0.2) is 47.4 Å². The van der Waals surface area contributed by atoms with Gasteiger partial charge < -0.3 is 25.6 Å². The minimum absolute atomic E-state index is 0.214. The van der Waals surface area contributed by atoms with E-state index in [1.165, 1.54) is 23.6 Å². The van der Waals surface area contributed by atoms with Crippen LogP contribution >= 0.6 is 11.3 Å². The van der Waals surface area contributed by atoms with E-state index in [2.05, 4.69) is 20.8 Å². The fourth-order valence-electron chi connectivity index (χ4n) is 3.26. The van der Waals surface area contributed by atoms with E-state index in [1.807, 2.05) is 6.07 Å². The van der Waals surface area contributed by atoms with Crippen molar-refractivity contribution in [3.63, 3.8) is 0 Å². The second-order valence-electron chi connectivity index (χ2n) is 6.96. The van der Waals surface area contributed by atoms with E-state index < -0.39 is 6.09 Å². The van der Waals surface area contributed by atoms with Crippen molar-refractivity contribution in [2.75, 3.05) is 11.1 Å². The molecule has 2 amide bonds. The molecule has 0 fully saturated rings. The number of ether oxygens (including phenoxy) is 1. The van der Waals surface area contributed by atoms with Crippen LogP contribution < -0.4 is 16.4 Å². The topological polar surface area (TPSA) is 132 Å². The Morgan fingerprint density at radius 3 is 3.03 bits per heavy atom. The molecule has 10 heteroatoms. The molecular formula is C21H21N5O4S. The first-order valence-corrected chi connectivity index (χ1v) is 10.5. The van der Waals surface area contributed by atoms with Gasteiger partial charge >= 0.3 is 6.09 Å². The van der Waals surface area contributed by atoms with E-state index in [1.54, 1.807) is 30.6 Å². The summed E-state index contributed by atoms with van der Waals surface area (Å²) >= 11 is 1.42. The number of hydrogen-bond donors (Lipinski definition) is 3. The Hall–Kier alpha value is -3.66. The molecule has 1 aliphatic carbocycles. The number of thiophene rings is 1. The fraction of sp³-hybridized carbons (Fsp3) is 0.238. The van der Waals surface area contributed by atoms with Gasteiger partial charge in [-0.25, -0.2) is 4.79 Å². The third-order valence-electron chi connectivity index (χ3n) is 4.78. The molecule has 4 rings (SSSR count). The number of nitrogens with one attached hydrogen (secondary N) is 2. The molecule has 3 aromatic heterocycles. The minimum Gasteiger partial charge on any atom is -0.446 e. The van der Waals surface area contributed by atoms with Gasteiger partial charge in [-0.1, -0.05) is 11.2 Å². The molecule has 3 heterocycles. The van der Waals surface area contributed by atoms with Crippen LogP contribution in [0, 0.1) is 0 Å². The van der Waals surface area contributed by atoms with Gasteiger partial charge in [0.25, 0.3) is 0 Å². The summed E-state index contributed by atoms with van der Waals surface area (Å²) in [6, 6.07) is 5.33. The first-order valence-electron chi connectivity index (χ1n) is 9.71. The Bertz CT molecular complexity index is 1080.